The average Bonchev–Trinajstić information content (AvgIpc) is 2.28. The molecule has 0 aromatic carbocycles. The second-order valence-corrected chi connectivity index (χ2v) is 5.45. The largest absolute Gasteiger partial charge is 0.468 e. The van der Waals surface area contributed by atoms with Crippen molar-refractivity contribution in [3.8, 4) is 0 Å². The molecule has 1 saturated heterocycles. The Hall–Kier alpha value is -0.370. The Balaban J connectivity index is 2.88. The van der Waals surface area contributed by atoms with E-state index >= 15 is 0 Å². The predicted molar refractivity (Wildman–Crippen MR) is 53.0 cm³/mol. The summed E-state index contributed by atoms with van der Waals surface area (Å²) in [6.45, 7) is 0.376. The number of methoxy groups -OCH3 is 1. The zero-order chi connectivity index (χ0) is 11.5. The summed E-state index contributed by atoms with van der Waals surface area (Å²) in [7, 11) is -2.41. The minimum atomic E-state index is -3.61. The van der Waals surface area contributed by atoms with Gasteiger partial charge in [0, 0.05) is 6.54 Å². The van der Waals surface area contributed by atoms with Gasteiger partial charge in [-0.3, -0.25) is 4.79 Å². The van der Waals surface area contributed by atoms with Crippen molar-refractivity contribution in [3.63, 3.8) is 0 Å². The summed E-state index contributed by atoms with van der Waals surface area (Å²) in [6.07, 6.45) is 0. The number of alkyl halides is 1. The van der Waals surface area contributed by atoms with Crippen LogP contribution in [-0.2, 0) is 24.3 Å². The van der Waals surface area contributed by atoms with Gasteiger partial charge in [0.25, 0.3) is 0 Å². The lowest BCUT2D eigenvalue weighted by Crippen LogP contribution is -2.53. The zero-order valence-corrected chi connectivity index (χ0v) is 9.75. The number of sulfonamides is 1. The summed E-state index contributed by atoms with van der Waals surface area (Å²) in [4.78, 5) is 11.3. The first-order valence-corrected chi connectivity index (χ1v) is 6.38. The molecule has 0 aliphatic carbocycles. The summed E-state index contributed by atoms with van der Waals surface area (Å²) in [5, 5.41) is -0.555. The third-order valence-electron chi connectivity index (χ3n) is 2.05. The van der Waals surface area contributed by atoms with Crippen LogP contribution in [0.2, 0.25) is 0 Å². The molecule has 1 aliphatic rings. The molecule has 88 valence electrons. The summed E-state index contributed by atoms with van der Waals surface area (Å²) < 4.78 is 33.6. The van der Waals surface area contributed by atoms with Crippen molar-refractivity contribution in [2.75, 3.05) is 32.1 Å². The van der Waals surface area contributed by atoms with Crippen LogP contribution in [0.5, 0.6) is 0 Å². The lowest BCUT2D eigenvalue weighted by molar-refractivity contribution is -0.149. The van der Waals surface area contributed by atoms with Crippen molar-refractivity contribution >= 4 is 27.6 Å². The maximum absolute atomic E-state index is 11.5. The number of morpholine rings is 1. The molecule has 1 fully saturated rings. The van der Waals surface area contributed by atoms with E-state index < -0.39 is 27.2 Å². The third kappa shape index (κ3) is 2.81. The fourth-order valence-corrected chi connectivity index (χ4v) is 2.69. The number of esters is 1. The predicted octanol–water partition coefficient (Wildman–Crippen LogP) is -0.614. The minimum Gasteiger partial charge on any atom is -0.468 e. The second-order valence-electron chi connectivity index (χ2n) is 2.95. The van der Waals surface area contributed by atoms with Gasteiger partial charge in [-0.25, -0.2) is 8.42 Å². The molecule has 0 aromatic rings. The maximum Gasteiger partial charge on any atom is 0.326 e. The quantitative estimate of drug-likeness (QED) is 0.498. The van der Waals surface area contributed by atoms with Crippen molar-refractivity contribution in [1.82, 2.24) is 4.31 Å². The third-order valence-corrected chi connectivity index (χ3v) is 4.30. The van der Waals surface area contributed by atoms with Gasteiger partial charge in [-0.05, 0) is 0 Å². The zero-order valence-electron chi connectivity index (χ0n) is 8.18. The standard InChI is InChI=1S/C7H12ClNO5S/c1-13-7(10)6-4-14-3-2-9(6)15(11,12)5-8/h6H,2-5H2,1H3. The van der Waals surface area contributed by atoms with Crippen LogP contribution in [0, 0.1) is 0 Å². The van der Waals surface area contributed by atoms with Crippen LogP contribution >= 0.6 is 11.6 Å². The van der Waals surface area contributed by atoms with Crippen LogP contribution in [-0.4, -0.2) is 56.8 Å². The van der Waals surface area contributed by atoms with Crippen LogP contribution in [0.1, 0.15) is 0 Å². The van der Waals surface area contributed by atoms with Gasteiger partial charge in [0.05, 0.1) is 20.3 Å². The number of carbonyl (C=O) groups excluding carboxylic acids is 1. The highest BCUT2D eigenvalue weighted by Gasteiger charge is 2.37. The molecule has 0 bridgehead atoms. The molecule has 0 radical (unpaired) electrons. The van der Waals surface area contributed by atoms with Crippen LogP contribution < -0.4 is 0 Å². The van der Waals surface area contributed by atoms with Gasteiger partial charge in [0.2, 0.25) is 10.0 Å². The van der Waals surface area contributed by atoms with Crippen molar-refractivity contribution in [2.45, 2.75) is 6.04 Å². The number of halogens is 1. The number of carbonyl (C=O) groups is 1. The maximum atomic E-state index is 11.5. The van der Waals surface area contributed by atoms with Gasteiger partial charge >= 0.3 is 5.97 Å². The first-order valence-electron chi connectivity index (χ1n) is 4.24. The fraction of sp³-hybridized carbons (Fsp3) is 0.857. The van der Waals surface area contributed by atoms with Gasteiger partial charge in [0.15, 0.2) is 0 Å². The molecule has 0 N–H and O–H groups in total. The Kier molecular flexibility index (Phi) is 4.32. The molecule has 6 nitrogen and oxygen atoms in total. The van der Waals surface area contributed by atoms with Gasteiger partial charge in [0.1, 0.15) is 11.3 Å². The van der Waals surface area contributed by atoms with E-state index in [4.69, 9.17) is 16.3 Å². The fourth-order valence-electron chi connectivity index (χ4n) is 1.31. The van der Waals surface area contributed by atoms with E-state index in [1.807, 2.05) is 0 Å². The summed E-state index contributed by atoms with van der Waals surface area (Å²) >= 11 is 5.32. The van der Waals surface area contributed by atoms with E-state index in [9.17, 15) is 13.2 Å². The van der Waals surface area contributed by atoms with Gasteiger partial charge in [-0.1, -0.05) is 0 Å². The Morgan fingerprint density at radius 2 is 2.33 bits per heavy atom. The molecule has 0 spiro atoms. The molecule has 1 atom stereocenters. The van der Waals surface area contributed by atoms with E-state index in [1.54, 1.807) is 0 Å². The molecule has 8 heteroatoms. The lowest BCUT2D eigenvalue weighted by atomic mass is 10.3. The number of ether oxygens (including phenoxy) is 2. The van der Waals surface area contributed by atoms with Gasteiger partial charge < -0.3 is 9.47 Å². The average molecular weight is 258 g/mol. The van der Waals surface area contributed by atoms with Crippen molar-refractivity contribution in [1.29, 1.82) is 0 Å². The molecule has 1 rings (SSSR count). The second kappa shape index (κ2) is 5.11. The smallest absolute Gasteiger partial charge is 0.326 e. The highest BCUT2D eigenvalue weighted by molar-refractivity contribution is 7.90. The van der Waals surface area contributed by atoms with Crippen molar-refractivity contribution < 1.29 is 22.7 Å². The van der Waals surface area contributed by atoms with E-state index in [1.165, 1.54) is 7.11 Å². The monoisotopic (exact) mass is 257 g/mol. The van der Waals surface area contributed by atoms with Crippen molar-refractivity contribution in [2.24, 2.45) is 0 Å². The van der Waals surface area contributed by atoms with Crippen LogP contribution in [0.3, 0.4) is 0 Å². The molecule has 0 saturated carbocycles. The Bertz CT molecular complexity index is 330. The first kappa shape index (κ1) is 12.7. The molecule has 1 heterocycles. The van der Waals surface area contributed by atoms with Gasteiger partial charge in [-0.15, -0.1) is 11.6 Å². The topological polar surface area (TPSA) is 72.9 Å². The van der Waals surface area contributed by atoms with Crippen LogP contribution in [0.25, 0.3) is 0 Å². The number of rotatable bonds is 3. The molecule has 1 aliphatic heterocycles. The highest BCUT2D eigenvalue weighted by Crippen LogP contribution is 2.14. The molecular weight excluding hydrogens is 246 g/mol. The normalized spacial score (nSPS) is 23.7. The SMILES string of the molecule is COC(=O)C1COCCN1S(=O)(=O)CCl. The Labute approximate surface area is 93.1 Å². The summed E-state index contributed by atoms with van der Waals surface area (Å²) in [5.74, 6) is -0.636. The lowest BCUT2D eigenvalue weighted by Gasteiger charge is -2.31. The number of hydrogen-bond acceptors (Lipinski definition) is 5. The molecule has 15 heavy (non-hydrogen) atoms. The van der Waals surface area contributed by atoms with E-state index in [0.29, 0.717) is 0 Å². The van der Waals surface area contributed by atoms with Crippen molar-refractivity contribution in [3.05, 3.63) is 0 Å². The minimum absolute atomic E-state index is 0.00277. The molecule has 0 aromatic heterocycles. The van der Waals surface area contributed by atoms with E-state index in [0.717, 1.165) is 4.31 Å². The summed E-state index contributed by atoms with van der Waals surface area (Å²) in [6, 6.07) is -0.924. The van der Waals surface area contributed by atoms with Crippen LogP contribution in [0.15, 0.2) is 0 Å². The highest BCUT2D eigenvalue weighted by atomic mass is 35.5. The molecule has 1 unspecified atom stereocenters. The molecular formula is C7H12ClNO5S. The first-order chi connectivity index (χ1) is 7.03. The van der Waals surface area contributed by atoms with Gasteiger partial charge in [-0.2, -0.15) is 4.31 Å². The Morgan fingerprint density at radius 1 is 1.67 bits per heavy atom. The number of nitrogens with zero attached hydrogens (tertiary/aromatic N) is 1. The van der Waals surface area contributed by atoms with E-state index in [2.05, 4.69) is 4.74 Å². The summed E-state index contributed by atoms with van der Waals surface area (Å²) in [5.41, 5.74) is 0. The Morgan fingerprint density at radius 3 is 2.87 bits per heavy atom. The molecule has 0 amide bonds. The van der Waals surface area contributed by atoms with Crippen LogP contribution in [0.4, 0.5) is 0 Å². The number of hydrogen-bond donors (Lipinski definition) is 0. The van der Waals surface area contributed by atoms with E-state index in [-0.39, 0.29) is 19.8 Å².